The summed E-state index contributed by atoms with van der Waals surface area (Å²) >= 11 is 14.5. The van der Waals surface area contributed by atoms with Crippen molar-refractivity contribution in [1.29, 1.82) is 0 Å². The topological polar surface area (TPSA) is 106 Å². The van der Waals surface area contributed by atoms with Gasteiger partial charge in [-0.15, -0.1) is 0 Å². The maximum atomic E-state index is 13.8. The minimum absolute atomic E-state index is 0.147. The zero-order chi connectivity index (χ0) is 28.7. The summed E-state index contributed by atoms with van der Waals surface area (Å²) in [5.41, 5.74) is 3.45. The number of ether oxygens (including phenoxy) is 1. The van der Waals surface area contributed by atoms with Gasteiger partial charge >= 0.3 is 11.9 Å². The molecule has 4 fully saturated rings. The quantitative estimate of drug-likeness (QED) is 0.206. The molecule has 4 aromatic rings. The van der Waals surface area contributed by atoms with Gasteiger partial charge in [-0.25, -0.2) is 14.6 Å². The van der Waals surface area contributed by atoms with Crippen LogP contribution in [-0.2, 0) is 4.74 Å². The van der Waals surface area contributed by atoms with E-state index in [0.717, 1.165) is 59.4 Å². The Labute approximate surface area is 255 Å². The van der Waals surface area contributed by atoms with Gasteiger partial charge in [0.1, 0.15) is 17.4 Å². The molecule has 4 heterocycles. The number of carboxylic acid groups (broad SMARTS) is 1. The van der Waals surface area contributed by atoms with Crippen LogP contribution in [0.5, 0.6) is 0 Å². The number of rotatable bonds is 7. The molecule has 2 saturated carbocycles. The summed E-state index contributed by atoms with van der Waals surface area (Å²) in [5.74, 6) is -0.263. The normalized spacial score (nSPS) is 23.5. The summed E-state index contributed by atoms with van der Waals surface area (Å²) in [6, 6.07) is 9.11. The molecule has 0 radical (unpaired) electrons. The third kappa shape index (κ3) is 4.48. The number of piperidine rings is 1. The second kappa shape index (κ2) is 9.96. The van der Waals surface area contributed by atoms with E-state index < -0.39 is 11.9 Å². The number of nitrogens with zero attached hydrogens (tertiary/aromatic N) is 3. The van der Waals surface area contributed by atoms with Gasteiger partial charge in [0.15, 0.2) is 10.9 Å². The van der Waals surface area contributed by atoms with Crippen LogP contribution in [0.3, 0.4) is 0 Å². The predicted molar refractivity (Wildman–Crippen MR) is 160 cm³/mol. The lowest BCUT2D eigenvalue weighted by molar-refractivity contribution is 0.0202. The summed E-state index contributed by atoms with van der Waals surface area (Å²) in [4.78, 5) is 33.0. The number of esters is 1. The number of fused-ring (bicyclic) bond motifs is 3. The van der Waals surface area contributed by atoms with Gasteiger partial charge in [-0.2, -0.15) is 0 Å². The lowest BCUT2D eigenvalue weighted by atomic mass is 9.99. The van der Waals surface area contributed by atoms with Crippen LogP contribution in [-0.4, -0.2) is 45.4 Å². The Balaban J connectivity index is 1.06. The monoisotopic (exact) mass is 623 g/mol. The smallest absolute Gasteiger partial charge is 0.344 e. The first kappa shape index (κ1) is 26.5. The minimum Gasteiger partial charge on any atom is -0.478 e. The molecule has 2 aromatic heterocycles. The van der Waals surface area contributed by atoms with Crippen molar-refractivity contribution in [3.8, 4) is 11.3 Å². The summed E-state index contributed by atoms with van der Waals surface area (Å²) in [6.45, 7) is 0. The number of hydrogen-bond acceptors (Lipinski definition) is 8. The molecule has 216 valence electrons. The van der Waals surface area contributed by atoms with Crippen LogP contribution in [0.25, 0.3) is 21.5 Å². The van der Waals surface area contributed by atoms with Gasteiger partial charge in [0, 0.05) is 36.4 Å². The van der Waals surface area contributed by atoms with E-state index in [4.69, 9.17) is 37.4 Å². The molecule has 8 rings (SSSR count). The molecule has 8 nitrogen and oxygen atoms in total. The molecule has 2 aliphatic carbocycles. The third-order valence-electron chi connectivity index (χ3n) is 9.03. The predicted octanol–water partition coefficient (Wildman–Crippen LogP) is 8.07. The maximum absolute atomic E-state index is 13.8. The molecular formula is C31H27Cl2N3O5S. The Morgan fingerprint density at radius 3 is 2.33 bits per heavy atom. The van der Waals surface area contributed by atoms with E-state index in [-0.39, 0.29) is 24.1 Å². The lowest BCUT2D eigenvalue weighted by Crippen LogP contribution is -2.46. The van der Waals surface area contributed by atoms with Gasteiger partial charge in [-0.05, 0) is 74.3 Å². The number of aromatic carboxylic acids is 1. The van der Waals surface area contributed by atoms with Crippen molar-refractivity contribution in [2.75, 3.05) is 4.90 Å². The standard InChI is InChI=1S/C31H27Cl2N3O5S/c32-21-2-1-3-22(33)24(21)27-25(28(41-35-27)15-6-7-15)30(39)40-19-12-17-8-9-18(13-19)36(17)31-34-26-20(14-4-5-14)10-16(29(37)38)11-23(26)42-31/h1-3,10-11,14-15,17-19H,4-9,12-13H2,(H,37,38)/t17-,18+,19?. The summed E-state index contributed by atoms with van der Waals surface area (Å²) < 4.78 is 12.8. The minimum atomic E-state index is -0.908. The van der Waals surface area contributed by atoms with Gasteiger partial charge in [0.2, 0.25) is 0 Å². The van der Waals surface area contributed by atoms with E-state index in [0.29, 0.717) is 56.9 Å². The highest BCUT2D eigenvalue weighted by atomic mass is 35.5. The Kier molecular flexibility index (Phi) is 6.28. The van der Waals surface area contributed by atoms with Gasteiger partial charge in [0.25, 0.3) is 0 Å². The molecule has 3 atom stereocenters. The fraction of sp³-hybridized carbons (Fsp3) is 0.419. The Morgan fingerprint density at radius 2 is 1.69 bits per heavy atom. The van der Waals surface area contributed by atoms with Crippen LogP contribution in [0.2, 0.25) is 10.0 Å². The molecular weight excluding hydrogens is 597 g/mol. The average molecular weight is 625 g/mol. The second-order valence-corrected chi connectivity index (χ2v) is 13.7. The zero-order valence-corrected chi connectivity index (χ0v) is 24.8. The van der Waals surface area contributed by atoms with Gasteiger partial charge in [0.05, 0.1) is 25.8 Å². The molecule has 0 amide bonds. The van der Waals surface area contributed by atoms with Crippen molar-refractivity contribution in [2.45, 2.75) is 81.4 Å². The van der Waals surface area contributed by atoms with Crippen molar-refractivity contribution >= 4 is 61.8 Å². The summed E-state index contributed by atoms with van der Waals surface area (Å²) in [5, 5.41) is 15.6. The number of thiazole rings is 1. The number of halogens is 2. The largest absolute Gasteiger partial charge is 0.478 e. The van der Waals surface area contributed by atoms with Crippen LogP contribution in [0.1, 0.15) is 95.2 Å². The van der Waals surface area contributed by atoms with Crippen molar-refractivity contribution in [3.05, 3.63) is 62.8 Å². The Hall–Kier alpha value is -3.14. The van der Waals surface area contributed by atoms with Crippen LogP contribution in [0, 0.1) is 0 Å². The fourth-order valence-corrected chi connectivity index (χ4v) is 8.51. The van der Waals surface area contributed by atoms with Crippen molar-refractivity contribution in [3.63, 3.8) is 0 Å². The number of benzene rings is 2. The first-order chi connectivity index (χ1) is 20.4. The number of anilines is 1. The van der Waals surface area contributed by atoms with Gasteiger partial charge < -0.3 is 19.3 Å². The number of carbonyl (C=O) groups excluding carboxylic acids is 1. The SMILES string of the molecule is O=C(O)c1cc(C2CC2)c2nc(N3[C@@H]4CC[C@H]3CC(OC(=O)c3c(-c5c(Cl)cccc5Cl)noc3C3CC3)C4)sc2c1. The fourth-order valence-electron chi connectivity index (χ4n) is 6.75. The van der Waals surface area contributed by atoms with Crippen molar-refractivity contribution in [2.24, 2.45) is 0 Å². The van der Waals surface area contributed by atoms with Crippen molar-refractivity contribution in [1.82, 2.24) is 10.1 Å². The van der Waals surface area contributed by atoms with E-state index in [1.54, 1.807) is 41.7 Å². The van der Waals surface area contributed by atoms with E-state index in [2.05, 4.69) is 10.1 Å². The molecule has 11 heteroatoms. The molecule has 2 saturated heterocycles. The zero-order valence-electron chi connectivity index (χ0n) is 22.5. The van der Waals surface area contributed by atoms with Crippen LogP contribution >= 0.6 is 34.5 Å². The third-order valence-corrected chi connectivity index (χ3v) is 10.7. The van der Waals surface area contributed by atoms with Gasteiger partial charge in [-0.1, -0.05) is 45.8 Å². The highest BCUT2D eigenvalue weighted by Crippen LogP contribution is 2.49. The van der Waals surface area contributed by atoms with E-state index in [1.165, 1.54) is 0 Å². The van der Waals surface area contributed by atoms with Crippen molar-refractivity contribution < 1.29 is 24.0 Å². The number of carboxylic acids is 1. The Bertz CT molecular complexity index is 1730. The van der Waals surface area contributed by atoms with E-state index in [9.17, 15) is 14.7 Å². The first-order valence-corrected chi connectivity index (χ1v) is 16.0. The molecule has 1 N–H and O–H groups in total. The highest BCUT2D eigenvalue weighted by Gasteiger charge is 2.45. The second-order valence-electron chi connectivity index (χ2n) is 11.9. The number of carbonyl (C=O) groups is 2. The van der Waals surface area contributed by atoms with Crippen LogP contribution in [0.15, 0.2) is 34.9 Å². The summed E-state index contributed by atoms with van der Waals surface area (Å²) in [7, 11) is 0. The first-order valence-electron chi connectivity index (χ1n) is 14.5. The highest BCUT2D eigenvalue weighted by molar-refractivity contribution is 7.22. The average Bonchev–Trinajstić information content (AvgIpc) is 3.88. The number of hydrogen-bond donors (Lipinski definition) is 1. The van der Waals surface area contributed by atoms with E-state index >= 15 is 0 Å². The Morgan fingerprint density at radius 1 is 1.00 bits per heavy atom. The molecule has 1 unspecified atom stereocenters. The van der Waals surface area contributed by atoms with Crippen LogP contribution in [0.4, 0.5) is 5.13 Å². The van der Waals surface area contributed by atoms with Gasteiger partial charge in [-0.3, -0.25) is 0 Å². The summed E-state index contributed by atoms with van der Waals surface area (Å²) in [6.07, 6.45) is 7.15. The lowest BCUT2D eigenvalue weighted by Gasteiger charge is -2.38. The molecule has 42 heavy (non-hydrogen) atoms. The molecule has 2 aromatic carbocycles. The molecule has 2 bridgehead atoms. The molecule has 0 spiro atoms. The molecule has 4 aliphatic rings. The molecule has 2 aliphatic heterocycles. The van der Waals surface area contributed by atoms with Crippen LogP contribution < -0.4 is 4.90 Å². The maximum Gasteiger partial charge on any atom is 0.344 e. The number of aromatic nitrogens is 2. The van der Waals surface area contributed by atoms with E-state index in [1.807, 2.05) is 0 Å².